The zero-order valence-corrected chi connectivity index (χ0v) is 16.7. The largest absolute Gasteiger partial charge is 0.399 e. The Labute approximate surface area is 168 Å². The molecule has 148 valence electrons. The number of hydrogen-bond acceptors (Lipinski definition) is 3. The quantitative estimate of drug-likeness (QED) is 0.794. The van der Waals surface area contributed by atoms with Crippen LogP contribution in [-0.2, 0) is 18.3 Å². The Balaban J connectivity index is 1.33. The van der Waals surface area contributed by atoms with E-state index in [2.05, 4.69) is 47.4 Å². The highest BCUT2D eigenvalue weighted by Crippen LogP contribution is 2.47. The first-order valence-electron chi connectivity index (χ1n) is 10.9. The number of fused-ring (bicyclic) bond motifs is 3. The van der Waals surface area contributed by atoms with Crippen LogP contribution >= 0.6 is 0 Å². The van der Waals surface area contributed by atoms with Gasteiger partial charge in [0, 0.05) is 24.7 Å². The second-order valence-electron chi connectivity index (χ2n) is 9.55. The fourth-order valence-electron chi connectivity index (χ4n) is 6.19. The van der Waals surface area contributed by atoms with Crippen molar-refractivity contribution in [2.24, 2.45) is 0 Å². The van der Waals surface area contributed by atoms with Crippen LogP contribution in [0.1, 0.15) is 55.2 Å². The van der Waals surface area contributed by atoms with Gasteiger partial charge in [-0.25, -0.2) is 0 Å². The second kappa shape index (κ2) is 6.89. The normalized spacial score (nSPS) is 32.7. The minimum atomic E-state index is -0.580. The lowest BCUT2D eigenvalue weighted by atomic mass is 9.63. The van der Waals surface area contributed by atoms with Crippen LogP contribution in [0.3, 0.4) is 0 Å². The average Bonchev–Trinajstić information content (AvgIpc) is 2.70. The smallest absolute Gasteiger partial charge is 0.0817 e. The van der Waals surface area contributed by atoms with Crippen molar-refractivity contribution in [3.63, 3.8) is 0 Å². The number of rotatable bonds is 3. The minimum absolute atomic E-state index is 0.288. The van der Waals surface area contributed by atoms with Crippen LogP contribution in [0.15, 0.2) is 48.5 Å². The van der Waals surface area contributed by atoms with Gasteiger partial charge in [-0.2, -0.15) is 0 Å². The van der Waals surface area contributed by atoms with Crippen molar-refractivity contribution in [1.82, 2.24) is 4.90 Å². The van der Waals surface area contributed by atoms with E-state index in [1.54, 1.807) is 0 Å². The molecule has 1 aliphatic heterocycles. The fraction of sp³-hybridized carbons (Fsp3) is 0.520. The molecule has 3 N–H and O–H groups in total. The van der Waals surface area contributed by atoms with E-state index in [1.165, 1.54) is 48.8 Å². The number of aryl methyl sites for hydroxylation is 1. The predicted molar refractivity (Wildman–Crippen MR) is 114 cm³/mol. The Morgan fingerprint density at radius 1 is 1.04 bits per heavy atom. The summed E-state index contributed by atoms with van der Waals surface area (Å²) in [6.45, 7) is 1.91. The molecule has 2 aromatic carbocycles. The van der Waals surface area contributed by atoms with E-state index in [-0.39, 0.29) is 5.41 Å². The van der Waals surface area contributed by atoms with Crippen molar-refractivity contribution in [2.45, 2.75) is 68.4 Å². The molecule has 2 fully saturated rings. The summed E-state index contributed by atoms with van der Waals surface area (Å²) >= 11 is 0. The van der Waals surface area contributed by atoms with Gasteiger partial charge in [0.25, 0.3) is 0 Å². The summed E-state index contributed by atoms with van der Waals surface area (Å²) in [5.41, 5.74) is 10.9. The number of aliphatic hydroxyl groups is 1. The predicted octanol–water partition coefficient (Wildman–Crippen LogP) is 4.07. The highest BCUT2D eigenvalue weighted by Gasteiger charge is 2.45. The van der Waals surface area contributed by atoms with Gasteiger partial charge >= 0.3 is 0 Å². The molecule has 1 saturated heterocycles. The van der Waals surface area contributed by atoms with Gasteiger partial charge in [0.05, 0.1) is 5.60 Å². The molecule has 1 saturated carbocycles. The first-order valence-corrected chi connectivity index (χ1v) is 10.9. The molecule has 3 heteroatoms. The number of β-amino-alcohol motifs (C(OH)–C–C–N with tert-alkyl or cyclic N) is 1. The molecule has 0 radical (unpaired) electrons. The molecule has 3 aliphatic rings. The Morgan fingerprint density at radius 3 is 2.75 bits per heavy atom. The van der Waals surface area contributed by atoms with Crippen LogP contribution in [0.4, 0.5) is 5.69 Å². The molecule has 2 aromatic rings. The number of piperidine rings is 1. The monoisotopic (exact) mass is 376 g/mol. The van der Waals surface area contributed by atoms with Gasteiger partial charge in [-0.05, 0) is 79.3 Å². The molecule has 28 heavy (non-hydrogen) atoms. The summed E-state index contributed by atoms with van der Waals surface area (Å²) in [6, 6.07) is 17.8. The lowest BCUT2D eigenvalue weighted by Crippen LogP contribution is -2.57. The molecule has 0 aromatic heterocycles. The van der Waals surface area contributed by atoms with E-state index < -0.39 is 5.60 Å². The van der Waals surface area contributed by atoms with Gasteiger partial charge in [-0.3, -0.25) is 4.90 Å². The lowest BCUT2D eigenvalue weighted by molar-refractivity contribution is -0.0455. The van der Waals surface area contributed by atoms with Gasteiger partial charge < -0.3 is 10.8 Å². The van der Waals surface area contributed by atoms with E-state index in [9.17, 15) is 5.11 Å². The number of nitrogens with two attached hydrogens (primary N) is 1. The van der Waals surface area contributed by atoms with Crippen LogP contribution in [0, 0.1) is 0 Å². The number of nitrogens with zero attached hydrogens (tertiary/aromatic N) is 1. The Bertz CT molecular complexity index is 865. The first-order chi connectivity index (χ1) is 13.6. The topological polar surface area (TPSA) is 49.5 Å². The van der Waals surface area contributed by atoms with Gasteiger partial charge in [-0.1, -0.05) is 42.8 Å². The molecular formula is C25H32N2O. The fourth-order valence-corrected chi connectivity index (χ4v) is 6.19. The number of hydrogen-bond donors (Lipinski definition) is 2. The van der Waals surface area contributed by atoms with Crippen LogP contribution in [-0.4, -0.2) is 34.7 Å². The average molecular weight is 377 g/mol. The summed E-state index contributed by atoms with van der Waals surface area (Å²) in [6.07, 6.45) is 8.88. The number of benzene rings is 2. The van der Waals surface area contributed by atoms with Crippen molar-refractivity contribution in [1.29, 1.82) is 0 Å². The molecule has 0 amide bonds. The van der Waals surface area contributed by atoms with Crippen LogP contribution in [0.25, 0.3) is 0 Å². The van der Waals surface area contributed by atoms with Gasteiger partial charge in [0.1, 0.15) is 0 Å². The summed E-state index contributed by atoms with van der Waals surface area (Å²) in [5, 5.41) is 11.4. The third-order valence-electron chi connectivity index (χ3n) is 7.71. The van der Waals surface area contributed by atoms with Crippen molar-refractivity contribution in [3.05, 3.63) is 65.2 Å². The second-order valence-corrected chi connectivity index (χ2v) is 9.55. The first kappa shape index (κ1) is 18.2. The van der Waals surface area contributed by atoms with Crippen LogP contribution in [0.2, 0.25) is 0 Å². The van der Waals surface area contributed by atoms with E-state index >= 15 is 0 Å². The van der Waals surface area contributed by atoms with Crippen molar-refractivity contribution < 1.29 is 5.11 Å². The molecular weight excluding hydrogens is 344 g/mol. The Kier molecular flexibility index (Phi) is 4.48. The zero-order valence-electron chi connectivity index (χ0n) is 16.7. The van der Waals surface area contributed by atoms with E-state index in [1.807, 2.05) is 6.07 Å². The van der Waals surface area contributed by atoms with Gasteiger partial charge in [0.15, 0.2) is 0 Å². The summed E-state index contributed by atoms with van der Waals surface area (Å²) < 4.78 is 0. The van der Waals surface area contributed by atoms with E-state index in [4.69, 9.17) is 5.73 Å². The summed E-state index contributed by atoms with van der Waals surface area (Å²) in [7, 11) is 0. The molecule has 5 rings (SSSR count). The summed E-state index contributed by atoms with van der Waals surface area (Å²) in [5.74, 6) is 0. The van der Waals surface area contributed by atoms with Crippen molar-refractivity contribution >= 4 is 5.69 Å². The lowest BCUT2D eigenvalue weighted by Gasteiger charge is -2.52. The molecule has 1 heterocycles. The van der Waals surface area contributed by atoms with E-state index in [0.29, 0.717) is 6.04 Å². The minimum Gasteiger partial charge on any atom is -0.399 e. The number of likely N-dealkylation sites (tertiary alicyclic amines) is 1. The third kappa shape index (κ3) is 3.25. The molecule has 3 nitrogen and oxygen atoms in total. The van der Waals surface area contributed by atoms with Gasteiger partial charge in [-0.15, -0.1) is 0 Å². The summed E-state index contributed by atoms with van der Waals surface area (Å²) in [4.78, 5) is 2.61. The Hall–Kier alpha value is -1.84. The molecule has 2 bridgehead atoms. The molecule has 3 unspecified atom stereocenters. The molecule has 3 atom stereocenters. The maximum atomic E-state index is 11.4. The highest BCUT2D eigenvalue weighted by atomic mass is 16.3. The van der Waals surface area contributed by atoms with Crippen LogP contribution < -0.4 is 5.73 Å². The highest BCUT2D eigenvalue weighted by molar-refractivity contribution is 5.44. The SMILES string of the molecule is Nc1cccc(C23CCCC(C2)N(CC2(O)CCc4ccccc4C2)CC3)c1. The number of nitrogen functional groups attached to an aromatic ring is 1. The van der Waals surface area contributed by atoms with E-state index in [0.717, 1.165) is 38.0 Å². The van der Waals surface area contributed by atoms with Crippen LogP contribution in [0.5, 0.6) is 0 Å². The van der Waals surface area contributed by atoms with Crippen molar-refractivity contribution in [3.8, 4) is 0 Å². The van der Waals surface area contributed by atoms with Gasteiger partial charge in [0.2, 0.25) is 0 Å². The molecule has 2 aliphatic carbocycles. The maximum Gasteiger partial charge on any atom is 0.0817 e. The van der Waals surface area contributed by atoms with Crippen molar-refractivity contribution in [2.75, 3.05) is 18.8 Å². The molecule has 0 spiro atoms. The zero-order chi connectivity index (χ0) is 19.2. The maximum absolute atomic E-state index is 11.4. The standard InChI is InChI=1S/C25H32N2O/c26-22-8-3-7-21(15-22)24-11-4-9-23(17-24)27(14-13-24)18-25(28)12-10-19-5-1-2-6-20(19)16-25/h1-3,5-8,15,23,28H,4,9-14,16-18,26H2. The Morgan fingerprint density at radius 2 is 1.89 bits per heavy atom. The third-order valence-corrected chi connectivity index (χ3v) is 7.71. The number of anilines is 1.